The smallest absolute Gasteiger partial charge is 0.0705 e. The van der Waals surface area contributed by atoms with Gasteiger partial charge >= 0.3 is 0 Å². The zero-order chi connectivity index (χ0) is 14.9. The Morgan fingerprint density at radius 2 is 1.95 bits per heavy atom. The Labute approximate surface area is 127 Å². The normalized spacial score (nSPS) is 18.2. The molecule has 1 unspecified atom stereocenters. The molecule has 112 valence electrons. The van der Waals surface area contributed by atoms with Crippen molar-refractivity contribution in [2.75, 3.05) is 20.1 Å². The van der Waals surface area contributed by atoms with E-state index in [0.29, 0.717) is 6.04 Å². The van der Waals surface area contributed by atoms with Gasteiger partial charge in [0.25, 0.3) is 0 Å². The second-order valence-electron chi connectivity index (χ2n) is 6.53. The molecular weight excluding hydrogens is 258 g/mol. The van der Waals surface area contributed by atoms with Crippen LogP contribution in [-0.4, -0.2) is 35.6 Å². The maximum absolute atomic E-state index is 4.50. The first kappa shape index (κ1) is 14.5. The monoisotopic (exact) mass is 283 g/mol. The van der Waals surface area contributed by atoms with Gasteiger partial charge in [0.2, 0.25) is 0 Å². The average molecular weight is 283 g/mol. The molecule has 1 atom stereocenters. The lowest BCUT2D eigenvalue weighted by atomic mass is 9.86. The van der Waals surface area contributed by atoms with Crippen molar-refractivity contribution in [2.24, 2.45) is 0 Å². The summed E-state index contributed by atoms with van der Waals surface area (Å²) in [7, 11) is 2.06. The average Bonchev–Trinajstić information content (AvgIpc) is 3.02. The van der Waals surface area contributed by atoms with Crippen LogP contribution in [0.15, 0.2) is 36.5 Å². The molecule has 2 heterocycles. The Kier molecular flexibility index (Phi) is 3.96. The second-order valence-corrected chi connectivity index (χ2v) is 6.53. The van der Waals surface area contributed by atoms with Gasteiger partial charge in [-0.2, -0.15) is 0 Å². The Bertz CT molecular complexity index is 615. The Hall–Kier alpha value is -1.45. The molecule has 1 N–H and O–H groups in total. The molecule has 1 fully saturated rings. The highest BCUT2D eigenvalue weighted by Crippen LogP contribution is 2.34. The van der Waals surface area contributed by atoms with E-state index in [0.717, 1.165) is 5.52 Å². The third kappa shape index (κ3) is 2.68. The van der Waals surface area contributed by atoms with E-state index in [2.05, 4.69) is 60.4 Å². The van der Waals surface area contributed by atoms with E-state index in [1.165, 1.54) is 36.9 Å². The number of aromatic nitrogens is 1. The summed E-state index contributed by atoms with van der Waals surface area (Å²) < 4.78 is 0. The number of rotatable bonds is 4. The first-order valence-electron chi connectivity index (χ1n) is 7.90. The van der Waals surface area contributed by atoms with Crippen molar-refractivity contribution in [1.82, 2.24) is 15.2 Å². The van der Waals surface area contributed by atoms with Gasteiger partial charge in [0.05, 0.1) is 5.52 Å². The number of hydrogen-bond donors (Lipinski definition) is 1. The van der Waals surface area contributed by atoms with Gasteiger partial charge in [-0.3, -0.25) is 9.88 Å². The van der Waals surface area contributed by atoms with Crippen LogP contribution in [0, 0.1) is 0 Å². The molecule has 1 aromatic heterocycles. The molecule has 3 heteroatoms. The van der Waals surface area contributed by atoms with Gasteiger partial charge in [-0.25, -0.2) is 0 Å². The molecule has 0 saturated carbocycles. The van der Waals surface area contributed by atoms with Crippen LogP contribution in [0.5, 0.6) is 0 Å². The zero-order valence-corrected chi connectivity index (χ0v) is 13.3. The highest BCUT2D eigenvalue weighted by Gasteiger charge is 2.36. The number of likely N-dealkylation sites (tertiary alicyclic amines) is 1. The molecule has 0 bridgehead atoms. The highest BCUT2D eigenvalue weighted by molar-refractivity contribution is 5.79. The minimum absolute atomic E-state index is 0.105. The first-order valence-corrected chi connectivity index (χ1v) is 7.90. The van der Waals surface area contributed by atoms with Crippen molar-refractivity contribution in [1.29, 1.82) is 0 Å². The maximum Gasteiger partial charge on any atom is 0.0705 e. The zero-order valence-electron chi connectivity index (χ0n) is 13.3. The van der Waals surface area contributed by atoms with Crippen LogP contribution in [-0.2, 0) is 0 Å². The van der Waals surface area contributed by atoms with Crippen LogP contribution in [0.4, 0.5) is 0 Å². The van der Waals surface area contributed by atoms with Crippen LogP contribution >= 0.6 is 0 Å². The topological polar surface area (TPSA) is 28.2 Å². The van der Waals surface area contributed by atoms with E-state index >= 15 is 0 Å². The number of pyridine rings is 1. The number of benzene rings is 1. The molecular formula is C18H25N3. The van der Waals surface area contributed by atoms with E-state index in [4.69, 9.17) is 0 Å². The summed E-state index contributed by atoms with van der Waals surface area (Å²) in [4.78, 5) is 7.10. The molecule has 1 aromatic carbocycles. The van der Waals surface area contributed by atoms with Gasteiger partial charge in [-0.05, 0) is 64.5 Å². The Balaban J connectivity index is 1.96. The van der Waals surface area contributed by atoms with Gasteiger partial charge in [-0.15, -0.1) is 0 Å². The predicted molar refractivity (Wildman–Crippen MR) is 88.4 cm³/mol. The van der Waals surface area contributed by atoms with E-state index in [1.54, 1.807) is 0 Å². The molecule has 2 aromatic rings. The lowest BCUT2D eigenvalue weighted by Crippen LogP contribution is -2.50. The standard InChI is InChI=1S/C18H25N3/c1-18(2,21-11-4-5-12-21)17(19-3)15-9-8-14-7-6-10-20-16(14)13-15/h6-10,13,17,19H,4-5,11-12H2,1-3H3. The van der Waals surface area contributed by atoms with Crippen molar-refractivity contribution in [3.05, 3.63) is 42.1 Å². The summed E-state index contributed by atoms with van der Waals surface area (Å²) >= 11 is 0. The van der Waals surface area contributed by atoms with Crippen molar-refractivity contribution in [3.63, 3.8) is 0 Å². The van der Waals surface area contributed by atoms with Crippen molar-refractivity contribution in [2.45, 2.75) is 38.3 Å². The van der Waals surface area contributed by atoms with Gasteiger partial charge in [-0.1, -0.05) is 18.2 Å². The molecule has 3 nitrogen and oxygen atoms in total. The summed E-state index contributed by atoms with van der Waals surface area (Å²) in [5.74, 6) is 0. The van der Waals surface area contributed by atoms with Crippen molar-refractivity contribution in [3.8, 4) is 0 Å². The fourth-order valence-electron chi connectivity index (χ4n) is 3.67. The summed E-state index contributed by atoms with van der Waals surface area (Å²) in [5, 5.41) is 4.73. The van der Waals surface area contributed by atoms with E-state index in [1.807, 2.05) is 12.3 Å². The van der Waals surface area contributed by atoms with Crippen LogP contribution in [0.1, 0.15) is 38.3 Å². The minimum atomic E-state index is 0.105. The minimum Gasteiger partial charge on any atom is -0.311 e. The van der Waals surface area contributed by atoms with E-state index in [9.17, 15) is 0 Å². The summed E-state index contributed by atoms with van der Waals surface area (Å²) in [6, 6.07) is 11.1. The molecule has 0 amide bonds. The quantitative estimate of drug-likeness (QED) is 0.932. The third-order valence-corrected chi connectivity index (χ3v) is 4.88. The first-order chi connectivity index (χ1) is 10.1. The highest BCUT2D eigenvalue weighted by atomic mass is 15.2. The fourth-order valence-corrected chi connectivity index (χ4v) is 3.67. The molecule has 0 radical (unpaired) electrons. The largest absolute Gasteiger partial charge is 0.311 e. The van der Waals surface area contributed by atoms with E-state index < -0.39 is 0 Å². The molecule has 3 rings (SSSR count). The maximum atomic E-state index is 4.50. The fraction of sp³-hybridized carbons (Fsp3) is 0.500. The number of hydrogen-bond acceptors (Lipinski definition) is 3. The number of fused-ring (bicyclic) bond motifs is 1. The molecule has 1 aliphatic rings. The Morgan fingerprint density at radius 3 is 2.67 bits per heavy atom. The number of nitrogens with zero attached hydrogens (tertiary/aromatic N) is 2. The van der Waals surface area contributed by atoms with Gasteiger partial charge in [0.15, 0.2) is 0 Å². The summed E-state index contributed by atoms with van der Waals surface area (Å²) in [5.41, 5.74) is 2.50. The summed E-state index contributed by atoms with van der Waals surface area (Å²) in [6.45, 7) is 7.11. The lowest BCUT2D eigenvalue weighted by Gasteiger charge is -2.42. The molecule has 1 aliphatic heterocycles. The van der Waals surface area contributed by atoms with Crippen molar-refractivity contribution < 1.29 is 0 Å². The molecule has 0 aliphatic carbocycles. The number of nitrogens with one attached hydrogen (secondary N) is 1. The van der Waals surface area contributed by atoms with E-state index in [-0.39, 0.29) is 5.54 Å². The number of likely N-dealkylation sites (N-methyl/N-ethyl adjacent to an activating group) is 1. The van der Waals surface area contributed by atoms with Crippen molar-refractivity contribution >= 4 is 10.9 Å². The third-order valence-electron chi connectivity index (χ3n) is 4.88. The van der Waals surface area contributed by atoms with Crippen LogP contribution in [0.2, 0.25) is 0 Å². The van der Waals surface area contributed by atoms with Crippen LogP contribution < -0.4 is 5.32 Å². The van der Waals surface area contributed by atoms with Crippen LogP contribution in [0.25, 0.3) is 10.9 Å². The summed E-state index contributed by atoms with van der Waals surface area (Å²) in [6.07, 6.45) is 4.50. The second kappa shape index (κ2) is 5.74. The van der Waals surface area contributed by atoms with Gasteiger partial charge in [0, 0.05) is 23.2 Å². The van der Waals surface area contributed by atoms with Crippen LogP contribution in [0.3, 0.4) is 0 Å². The predicted octanol–water partition coefficient (Wildman–Crippen LogP) is 3.37. The molecule has 0 spiro atoms. The lowest BCUT2D eigenvalue weighted by molar-refractivity contribution is 0.110. The van der Waals surface area contributed by atoms with Gasteiger partial charge < -0.3 is 5.32 Å². The van der Waals surface area contributed by atoms with Gasteiger partial charge in [0.1, 0.15) is 0 Å². The Morgan fingerprint density at radius 1 is 1.19 bits per heavy atom. The molecule has 1 saturated heterocycles. The molecule has 21 heavy (non-hydrogen) atoms. The SMILES string of the molecule is CNC(c1ccc2cccnc2c1)C(C)(C)N1CCCC1.